The summed E-state index contributed by atoms with van der Waals surface area (Å²) in [7, 11) is 0. The molecule has 7 nitrogen and oxygen atoms in total. The number of nitrogens with zero attached hydrogens (tertiary/aromatic N) is 1. The van der Waals surface area contributed by atoms with Gasteiger partial charge in [-0.2, -0.15) is 0 Å². The molecule has 3 atom stereocenters. The number of H-pyrrole nitrogens is 1. The predicted molar refractivity (Wildman–Crippen MR) is 81.4 cm³/mol. The Balaban J connectivity index is 2.36. The smallest absolute Gasteiger partial charge is 0.330 e. The summed E-state index contributed by atoms with van der Waals surface area (Å²) in [5.41, 5.74) is -0.845. The fourth-order valence-electron chi connectivity index (χ4n) is 2.22. The van der Waals surface area contributed by atoms with Gasteiger partial charge in [-0.1, -0.05) is 32.9 Å². The van der Waals surface area contributed by atoms with Crippen LogP contribution in [0, 0.1) is 5.41 Å². The van der Waals surface area contributed by atoms with Crippen LogP contribution in [-0.4, -0.2) is 38.6 Å². The van der Waals surface area contributed by atoms with Gasteiger partial charge in [0.2, 0.25) is 0 Å². The quantitative estimate of drug-likeness (QED) is 0.741. The molecule has 0 saturated carbocycles. The molecular formula is C15H22N2O5. The molecule has 2 heterocycles. The van der Waals surface area contributed by atoms with Crippen molar-refractivity contribution in [1.82, 2.24) is 9.55 Å². The molecule has 0 amide bonds. The molecule has 122 valence electrons. The van der Waals surface area contributed by atoms with Gasteiger partial charge in [0.1, 0.15) is 12.3 Å². The summed E-state index contributed by atoms with van der Waals surface area (Å²) < 4.78 is 6.69. The number of hydrogen-bond donors (Lipinski definition) is 3. The van der Waals surface area contributed by atoms with E-state index in [1.54, 1.807) is 6.08 Å². The van der Waals surface area contributed by atoms with Crippen molar-refractivity contribution < 1.29 is 14.9 Å². The zero-order chi connectivity index (χ0) is 16.5. The maximum absolute atomic E-state index is 11.9. The topological polar surface area (TPSA) is 105 Å². The summed E-state index contributed by atoms with van der Waals surface area (Å²) in [6.45, 7) is 5.66. The molecule has 22 heavy (non-hydrogen) atoms. The molecule has 1 aliphatic heterocycles. The molecule has 1 saturated heterocycles. The number of hydrogen-bond acceptors (Lipinski definition) is 5. The van der Waals surface area contributed by atoms with Gasteiger partial charge in [-0.05, 0) is 5.41 Å². The van der Waals surface area contributed by atoms with Gasteiger partial charge in [0.15, 0.2) is 0 Å². The van der Waals surface area contributed by atoms with E-state index in [1.165, 1.54) is 10.8 Å². The molecule has 0 spiro atoms. The minimum absolute atomic E-state index is 0.102. The number of ether oxygens (including phenoxy) is 1. The van der Waals surface area contributed by atoms with E-state index in [9.17, 15) is 14.7 Å². The van der Waals surface area contributed by atoms with E-state index in [-0.39, 0.29) is 18.4 Å². The number of aliphatic hydroxyl groups excluding tert-OH is 2. The van der Waals surface area contributed by atoms with Crippen LogP contribution in [0.25, 0.3) is 6.08 Å². The Morgan fingerprint density at radius 3 is 2.68 bits per heavy atom. The normalized spacial score (nSPS) is 26.0. The second-order valence-electron chi connectivity index (χ2n) is 6.57. The highest BCUT2D eigenvalue weighted by Gasteiger charge is 2.35. The Hall–Kier alpha value is -1.70. The summed E-state index contributed by atoms with van der Waals surface area (Å²) in [5.74, 6) is 0. The molecule has 0 aromatic carbocycles. The van der Waals surface area contributed by atoms with Crippen LogP contribution in [0.15, 0.2) is 21.9 Å². The van der Waals surface area contributed by atoms with Crippen LogP contribution in [0.4, 0.5) is 0 Å². The molecule has 1 aliphatic rings. The third-order valence-corrected chi connectivity index (χ3v) is 3.45. The summed E-state index contributed by atoms with van der Waals surface area (Å²) in [5, 5.41) is 18.9. The van der Waals surface area contributed by atoms with E-state index in [4.69, 9.17) is 9.84 Å². The first-order valence-electron chi connectivity index (χ1n) is 7.20. The first-order valence-corrected chi connectivity index (χ1v) is 7.20. The van der Waals surface area contributed by atoms with E-state index in [1.807, 2.05) is 26.8 Å². The van der Waals surface area contributed by atoms with Gasteiger partial charge < -0.3 is 14.9 Å². The van der Waals surface area contributed by atoms with Crippen LogP contribution in [0.1, 0.15) is 39.0 Å². The lowest BCUT2D eigenvalue weighted by atomic mass is 9.96. The Bertz CT molecular complexity index is 668. The Morgan fingerprint density at radius 1 is 1.45 bits per heavy atom. The van der Waals surface area contributed by atoms with Crippen molar-refractivity contribution in [2.45, 2.75) is 45.6 Å². The SMILES string of the molecule is CC(C)(C)C=Cc1cn([C@@H]2CC(O)[C@H](CO)O2)c(=O)[nH]c1=O. The number of allylic oxidation sites excluding steroid dienone is 1. The van der Waals surface area contributed by atoms with Crippen LogP contribution in [0.2, 0.25) is 0 Å². The molecule has 1 unspecified atom stereocenters. The van der Waals surface area contributed by atoms with Crippen molar-refractivity contribution in [2.24, 2.45) is 5.41 Å². The average Bonchev–Trinajstić information content (AvgIpc) is 2.77. The zero-order valence-electron chi connectivity index (χ0n) is 12.9. The highest BCUT2D eigenvalue weighted by Crippen LogP contribution is 2.27. The maximum Gasteiger partial charge on any atom is 0.330 e. The first-order chi connectivity index (χ1) is 10.2. The molecule has 2 rings (SSSR count). The van der Waals surface area contributed by atoms with E-state index >= 15 is 0 Å². The van der Waals surface area contributed by atoms with Gasteiger partial charge in [-0.25, -0.2) is 4.79 Å². The average molecular weight is 310 g/mol. The fraction of sp³-hybridized carbons (Fsp3) is 0.600. The van der Waals surface area contributed by atoms with E-state index in [0.717, 1.165) is 0 Å². The minimum Gasteiger partial charge on any atom is -0.394 e. The van der Waals surface area contributed by atoms with Gasteiger partial charge in [-0.15, -0.1) is 0 Å². The molecule has 7 heteroatoms. The van der Waals surface area contributed by atoms with Crippen molar-refractivity contribution in [2.75, 3.05) is 6.61 Å². The lowest BCUT2D eigenvalue weighted by Gasteiger charge is -2.15. The number of aliphatic hydroxyl groups is 2. The van der Waals surface area contributed by atoms with Crippen molar-refractivity contribution in [3.63, 3.8) is 0 Å². The van der Waals surface area contributed by atoms with Crippen LogP contribution < -0.4 is 11.2 Å². The summed E-state index contributed by atoms with van der Waals surface area (Å²) in [6, 6.07) is 0. The first kappa shape index (κ1) is 16.7. The Labute approximate surface area is 127 Å². The largest absolute Gasteiger partial charge is 0.394 e. The number of aromatic nitrogens is 2. The van der Waals surface area contributed by atoms with Crippen LogP contribution in [0.5, 0.6) is 0 Å². The van der Waals surface area contributed by atoms with Crippen molar-refractivity contribution in [3.8, 4) is 0 Å². The van der Waals surface area contributed by atoms with E-state index < -0.39 is 29.7 Å². The van der Waals surface area contributed by atoms with Gasteiger partial charge in [0, 0.05) is 12.6 Å². The predicted octanol–water partition coefficient (Wildman–Crippen LogP) is 0.237. The lowest BCUT2D eigenvalue weighted by molar-refractivity contribution is -0.0459. The summed E-state index contributed by atoms with van der Waals surface area (Å²) in [4.78, 5) is 26.0. The molecule has 0 aliphatic carbocycles. The molecule has 0 bridgehead atoms. The molecular weight excluding hydrogens is 288 g/mol. The molecule has 3 N–H and O–H groups in total. The third-order valence-electron chi connectivity index (χ3n) is 3.45. The van der Waals surface area contributed by atoms with E-state index in [2.05, 4.69) is 4.98 Å². The third kappa shape index (κ3) is 3.73. The highest BCUT2D eigenvalue weighted by molar-refractivity contribution is 5.47. The van der Waals surface area contributed by atoms with Crippen LogP contribution in [0.3, 0.4) is 0 Å². The molecule has 1 aromatic heterocycles. The number of aromatic amines is 1. The van der Waals surface area contributed by atoms with Crippen molar-refractivity contribution in [3.05, 3.63) is 38.7 Å². The Morgan fingerprint density at radius 2 is 2.14 bits per heavy atom. The van der Waals surface area contributed by atoms with Crippen molar-refractivity contribution >= 4 is 6.08 Å². The lowest BCUT2D eigenvalue weighted by Crippen LogP contribution is -2.33. The minimum atomic E-state index is -0.845. The molecule has 0 radical (unpaired) electrons. The molecule has 1 fully saturated rings. The van der Waals surface area contributed by atoms with E-state index in [0.29, 0.717) is 5.56 Å². The number of nitrogens with one attached hydrogen (secondary N) is 1. The molecule has 1 aromatic rings. The summed E-state index contributed by atoms with van der Waals surface area (Å²) in [6.07, 6.45) is 2.84. The number of rotatable bonds is 3. The van der Waals surface area contributed by atoms with Gasteiger partial charge in [0.05, 0.1) is 18.3 Å². The Kier molecular flexibility index (Phi) is 4.69. The van der Waals surface area contributed by atoms with Crippen LogP contribution >= 0.6 is 0 Å². The standard InChI is InChI=1S/C15H22N2O5/c1-15(2,3)5-4-9-7-17(14(21)16-13(9)20)12-6-10(19)11(8-18)22-12/h4-5,7,10-12,18-19H,6,8H2,1-3H3,(H,16,20,21)/t10?,11-,12-/m0/s1. The van der Waals surface area contributed by atoms with Gasteiger partial charge >= 0.3 is 5.69 Å². The summed E-state index contributed by atoms with van der Waals surface area (Å²) >= 11 is 0. The van der Waals surface area contributed by atoms with Crippen molar-refractivity contribution in [1.29, 1.82) is 0 Å². The zero-order valence-corrected chi connectivity index (χ0v) is 12.9. The van der Waals surface area contributed by atoms with Gasteiger partial charge in [0.25, 0.3) is 5.56 Å². The maximum atomic E-state index is 11.9. The second kappa shape index (κ2) is 6.20. The van der Waals surface area contributed by atoms with Crippen LogP contribution in [-0.2, 0) is 4.74 Å². The van der Waals surface area contributed by atoms with Gasteiger partial charge in [-0.3, -0.25) is 14.3 Å². The monoisotopic (exact) mass is 310 g/mol. The second-order valence-corrected chi connectivity index (χ2v) is 6.57. The highest BCUT2D eigenvalue weighted by atomic mass is 16.5. The fourth-order valence-corrected chi connectivity index (χ4v) is 2.22.